The Labute approximate surface area is 199 Å². The number of thiophene rings is 1. The minimum absolute atomic E-state index is 0.0120. The van der Waals surface area contributed by atoms with Crippen molar-refractivity contribution in [1.82, 2.24) is 14.9 Å². The highest BCUT2D eigenvalue weighted by Crippen LogP contribution is 2.34. The Kier molecular flexibility index (Phi) is 6.39. The van der Waals surface area contributed by atoms with Crippen molar-refractivity contribution in [3.63, 3.8) is 0 Å². The standard InChI is InChI=1S/C23H25N5O3S2/c1-15-14-33-23(24-15)25-22(30)16-6-8-27(9-7-16)13-21(29)28-18(19-4-2-10-31-19)12-17(26-28)20-5-3-11-32-20/h2-5,10-11,14,16,18H,6-9,12-13H2,1H3,(H,24,25,30). The molecular formula is C23H25N5O3S2. The van der Waals surface area contributed by atoms with E-state index in [9.17, 15) is 9.59 Å². The summed E-state index contributed by atoms with van der Waals surface area (Å²) in [5, 5.41) is 13.8. The summed E-state index contributed by atoms with van der Waals surface area (Å²) in [6, 6.07) is 7.52. The summed E-state index contributed by atoms with van der Waals surface area (Å²) in [6.45, 7) is 3.58. The van der Waals surface area contributed by atoms with Crippen LogP contribution in [-0.4, -0.2) is 52.1 Å². The molecule has 1 N–H and O–H groups in total. The van der Waals surface area contributed by atoms with E-state index in [0.29, 0.717) is 24.6 Å². The molecule has 8 nitrogen and oxygen atoms in total. The van der Waals surface area contributed by atoms with Crippen LogP contribution in [0.1, 0.15) is 41.6 Å². The minimum Gasteiger partial charge on any atom is -0.467 e. The molecule has 1 saturated heterocycles. The van der Waals surface area contributed by atoms with Gasteiger partial charge in [0.25, 0.3) is 5.91 Å². The Bertz CT molecular complexity index is 1130. The SMILES string of the molecule is Cc1csc(NC(=O)C2CCN(CC(=O)N3N=C(c4cccs4)CC3c3ccco3)CC2)n1. The van der Waals surface area contributed by atoms with E-state index in [1.165, 1.54) is 11.3 Å². The van der Waals surface area contributed by atoms with Gasteiger partial charge in [0.1, 0.15) is 11.8 Å². The summed E-state index contributed by atoms with van der Waals surface area (Å²) < 4.78 is 5.62. The van der Waals surface area contributed by atoms with E-state index >= 15 is 0 Å². The van der Waals surface area contributed by atoms with Gasteiger partial charge in [-0.15, -0.1) is 22.7 Å². The van der Waals surface area contributed by atoms with Gasteiger partial charge in [-0.2, -0.15) is 5.10 Å². The summed E-state index contributed by atoms with van der Waals surface area (Å²) >= 11 is 3.06. The average molecular weight is 484 g/mol. The minimum atomic E-state index is -0.227. The van der Waals surface area contributed by atoms with Crippen LogP contribution in [0.2, 0.25) is 0 Å². The Morgan fingerprint density at radius 3 is 2.73 bits per heavy atom. The van der Waals surface area contributed by atoms with Crippen molar-refractivity contribution in [1.29, 1.82) is 0 Å². The molecular weight excluding hydrogens is 458 g/mol. The first-order valence-electron chi connectivity index (χ1n) is 11.0. The van der Waals surface area contributed by atoms with Gasteiger partial charge in [0.2, 0.25) is 5.91 Å². The molecule has 0 saturated carbocycles. The van der Waals surface area contributed by atoms with Crippen LogP contribution in [0.4, 0.5) is 5.13 Å². The van der Waals surface area contributed by atoms with Crippen LogP contribution < -0.4 is 5.32 Å². The van der Waals surface area contributed by atoms with Crippen LogP contribution in [0.25, 0.3) is 0 Å². The van der Waals surface area contributed by atoms with Crippen LogP contribution in [0.5, 0.6) is 0 Å². The Morgan fingerprint density at radius 2 is 2.06 bits per heavy atom. The first-order chi connectivity index (χ1) is 16.1. The molecule has 1 unspecified atom stereocenters. The van der Waals surface area contributed by atoms with Crippen molar-refractivity contribution in [3.8, 4) is 0 Å². The number of nitrogens with zero attached hydrogens (tertiary/aromatic N) is 4. The highest BCUT2D eigenvalue weighted by Gasteiger charge is 2.36. The molecule has 3 aromatic rings. The van der Waals surface area contributed by atoms with Crippen molar-refractivity contribution >= 4 is 45.3 Å². The van der Waals surface area contributed by atoms with Crippen molar-refractivity contribution in [2.24, 2.45) is 11.0 Å². The van der Waals surface area contributed by atoms with Gasteiger partial charge in [-0.1, -0.05) is 6.07 Å². The number of hydrogen-bond donors (Lipinski definition) is 1. The summed E-state index contributed by atoms with van der Waals surface area (Å²) in [5.41, 5.74) is 1.82. The molecule has 0 spiro atoms. The zero-order valence-electron chi connectivity index (χ0n) is 18.3. The van der Waals surface area contributed by atoms with Crippen molar-refractivity contribution in [2.45, 2.75) is 32.2 Å². The number of hydrogen-bond acceptors (Lipinski definition) is 8. The van der Waals surface area contributed by atoms with E-state index in [4.69, 9.17) is 4.42 Å². The molecule has 0 radical (unpaired) electrons. The molecule has 10 heteroatoms. The van der Waals surface area contributed by atoms with E-state index in [2.05, 4.69) is 20.3 Å². The number of carbonyl (C=O) groups excluding carboxylic acids is 2. The van der Waals surface area contributed by atoms with Gasteiger partial charge < -0.3 is 9.73 Å². The van der Waals surface area contributed by atoms with Crippen LogP contribution in [0, 0.1) is 12.8 Å². The number of nitrogens with one attached hydrogen (secondary N) is 1. The smallest absolute Gasteiger partial charge is 0.257 e. The van der Waals surface area contributed by atoms with Gasteiger partial charge in [0.15, 0.2) is 5.13 Å². The number of amides is 2. The Hall–Kier alpha value is -2.82. The molecule has 1 atom stereocenters. The number of aromatic nitrogens is 1. The third-order valence-corrected chi connectivity index (χ3v) is 7.80. The number of piperidine rings is 1. The fourth-order valence-electron chi connectivity index (χ4n) is 4.27. The molecule has 2 amide bonds. The van der Waals surface area contributed by atoms with E-state index in [1.54, 1.807) is 22.6 Å². The first-order valence-corrected chi connectivity index (χ1v) is 12.7. The molecule has 1 fully saturated rings. The number of aryl methyl sites for hydroxylation is 1. The molecule has 0 aliphatic carbocycles. The lowest BCUT2D eigenvalue weighted by Gasteiger charge is -2.31. The Morgan fingerprint density at radius 1 is 1.21 bits per heavy atom. The van der Waals surface area contributed by atoms with Gasteiger partial charge in [0.05, 0.1) is 29.1 Å². The maximum Gasteiger partial charge on any atom is 0.257 e. The third-order valence-electron chi connectivity index (χ3n) is 6.01. The maximum absolute atomic E-state index is 13.2. The van der Waals surface area contributed by atoms with Crippen molar-refractivity contribution in [2.75, 3.05) is 25.0 Å². The summed E-state index contributed by atoms with van der Waals surface area (Å²) in [6.07, 6.45) is 3.70. The predicted molar refractivity (Wildman–Crippen MR) is 128 cm³/mol. The molecule has 0 aromatic carbocycles. The van der Waals surface area contributed by atoms with E-state index in [1.807, 2.05) is 41.9 Å². The summed E-state index contributed by atoms with van der Waals surface area (Å²) in [5.74, 6) is 0.639. The van der Waals surface area contributed by atoms with Gasteiger partial charge >= 0.3 is 0 Å². The number of anilines is 1. The van der Waals surface area contributed by atoms with Crippen LogP contribution in [0.15, 0.2) is 50.8 Å². The molecule has 2 aliphatic heterocycles. The third kappa shape index (κ3) is 4.92. The largest absolute Gasteiger partial charge is 0.467 e. The quantitative estimate of drug-likeness (QED) is 0.569. The summed E-state index contributed by atoms with van der Waals surface area (Å²) in [7, 11) is 0. The fourth-order valence-corrected chi connectivity index (χ4v) is 5.68. The molecule has 5 heterocycles. The highest BCUT2D eigenvalue weighted by atomic mass is 32.1. The zero-order valence-corrected chi connectivity index (χ0v) is 19.9. The molecule has 172 valence electrons. The number of carbonyl (C=O) groups is 2. The highest BCUT2D eigenvalue weighted by molar-refractivity contribution is 7.14. The molecule has 33 heavy (non-hydrogen) atoms. The lowest BCUT2D eigenvalue weighted by molar-refractivity contribution is -0.135. The van der Waals surface area contributed by atoms with Crippen LogP contribution in [0.3, 0.4) is 0 Å². The second kappa shape index (κ2) is 9.58. The maximum atomic E-state index is 13.2. The fraction of sp³-hybridized carbons (Fsp3) is 0.391. The number of hydrazone groups is 1. The lowest BCUT2D eigenvalue weighted by atomic mass is 9.96. The second-order valence-electron chi connectivity index (χ2n) is 8.33. The average Bonchev–Trinajstić information content (AvgIpc) is 3.60. The zero-order chi connectivity index (χ0) is 22.8. The van der Waals surface area contributed by atoms with Crippen molar-refractivity contribution in [3.05, 3.63) is 57.6 Å². The topological polar surface area (TPSA) is 91.0 Å². The van der Waals surface area contributed by atoms with E-state index in [0.717, 1.165) is 34.9 Å². The normalized spacial score (nSPS) is 19.6. The molecule has 5 rings (SSSR count). The predicted octanol–water partition coefficient (Wildman–Crippen LogP) is 4.13. The number of thiazole rings is 1. The second-order valence-corrected chi connectivity index (χ2v) is 10.1. The van der Waals surface area contributed by atoms with E-state index in [-0.39, 0.29) is 30.3 Å². The first kappa shape index (κ1) is 22.0. The summed E-state index contributed by atoms with van der Waals surface area (Å²) in [4.78, 5) is 33.3. The van der Waals surface area contributed by atoms with Gasteiger partial charge in [-0.05, 0) is 56.4 Å². The number of furan rings is 1. The van der Waals surface area contributed by atoms with Crippen LogP contribution >= 0.6 is 22.7 Å². The number of rotatable bonds is 6. The van der Waals surface area contributed by atoms with Gasteiger partial charge in [-0.25, -0.2) is 9.99 Å². The molecule has 0 bridgehead atoms. The monoisotopic (exact) mass is 483 g/mol. The van der Waals surface area contributed by atoms with E-state index < -0.39 is 0 Å². The van der Waals surface area contributed by atoms with Gasteiger partial charge in [-0.3, -0.25) is 14.5 Å². The molecule has 2 aliphatic rings. The Balaban J connectivity index is 1.19. The lowest BCUT2D eigenvalue weighted by Crippen LogP contribution is -2.43. The van der Waals surface area contributed by atoms with Crippen molar-refractivity contribution < 1.29 is 14.0 Å². The van der Waals surface area contributed by atoms with Gasteiger partial charge in [0, 0.05) is 17.7 Å². The van der Waals surface area contributed by atoms with Crippen LogP contribution in [-0.2, 0) is 9.59 Å². The molecule has 3 aromatic heterocycles. The number of likely N-dealkylation sites (tertiary alicyclic amines) is 1.